The molecule has 1 aliphatic rings. The lowest BCUT2D eigenvalue weighted by Crippen LogP contribution is -2.48. The SMILES string of the molecule is CC1CCN(c2cc(Cl)ccc2C(N)=O)CC1N. The first-order valence-corrected chi connectivity index (χ1v) is 6.46. The zero-order valence-electron chi connectivity index (χ0n) is 10.4. The predicted octanol–water partition coefficient (Wildman–Crippen LogP) is 1.61. The molecule has 2 atom stereocenters. The summed E-state index contributed by atoms with van der Waals surface area (Å²) < 4.78 is 0. The zero-order valence-corrected chi connectivity index (χ0v) is 11.2. The molecule has 0 radical (unpaired) electrons. The van der Waals surface area contributed by atoms with E-state index in [1.54, 1.807) is 18.2 Å². The van der Waals surface area contributed by atoms with Gasteiger partial charge in [-0.15, -0.1) is 0 Å². The molecule has 0 bridgehead atoms. The summed E-state index contributed by atoms with van der Waals surface area (Å²) >= 11 is 6.00. The van der Waals surface area contributed by atoms with Gasteiger partial charge in [-0.2, -0.15) is 0 Å². The quantitative estimate of drug-likeness (QED) is 0.855. The van der Waals surface area contributed by atoms with Gasteiger partial charge in [0.2, 0.25) is 0 Å². The Morgan fingerprint density at radius 3 is 2.83 bits per heavy atom. The van der Waals surface area contributed by atoms with Crippen LogP contribution in [-0.2, 0) is 0 Å². The highest BCUT2D eigenvalue weighted by Gasteiger charge is 2.25. The minimum absolute atomic E-state index is 0.110. The third-order valence-corrected chi connectivity index (χ3v) is 3.82. The van der Waals surface area contributed by atoms with Gasteiger partial charge >= 0.3 is 0 Å². The van der Waals surface area contributed by atoms with Crippen LogP contribution in [-0.4, -0.2) is 25.0 Å². The zero-order chi connectivity index (χ0) is 13.3. The van der Waals surface area contributed by atoms with Crippen LogP contribution >= 0.6 is 11.6 Å². The summed E-state index contributed by atoms with van der Waals surface area (Å²) in [5.41, 5.74) is 12.8. The lowest BCUT2D eigenvalue weighted by Gasteiger charge is -2.37. The van der Waals surface area contributed by atoms with Crippen molar-refractivity contribution in [3.63, 3.8) is 0 Å². The molecular weight excluding hydrogens is 250 g/mol. The number of amides is 1. The molecule has 1 amide bonds. The number of hydrogen-bond donors (Lipinski definition) is 2. The van der Waals surface area contributed by atoms with E-state index in [9.17, 15) is 4.79 Å². The molecule has 1 heterocycles. The molecule has 98 valence electrons. The third kappa shape index (κ3) is 2.60. The molecule has 1 aliphatic heterocycles. The van der Waals surface area contributed by atoms with Gasteiger partial charge < -0.3 is 16.4 Å². The Kier molecular flexibility index (Phi) is 3.78. The fourth-order valence-corrected chi connectivity index (χ4v) is 2.46. The number of carbonyl (C=O) groups excluding carboxylic acids is 1. The molecule has 2 rings (SSSR count). The Morgan fingerprint density at radius 1 is 1.50 bits per heavy atom. The van der Waals surface area contributed by atoms with E-state index in [2.05, 4.69) is 11.8 Å². The van der Waals surface area contributed by atoms with E-state index in [-0.39, 0.29) is 6.04 Å². The average Bonchev–Trinajstić information content (AvgIpc) is 2.32. The number of anilines is 1. The predicted molar refractivity (Wildman–Crippen MR) is 73.9 cm³/mol. The van der Waals surface area contributed by atoms with Crippen LogP contribution in [0.4, 0.5) is 5.69 Å². The van der Waals surface area contributed by atoms with Gasteiger partial charge in [-0.25, -0.2) is 0 Å². The van der Waals surface area contributed by atoms with Gasteiger partial charge in [0, 0.05) is 24.2 Å². The summed E-state index contributed by atoms with van der Waals surface area (Å²) in [5.74, 6) is 0.0614. The highest BCUT2D eigenvalue weighted by atomic mass is 35.5. The Bertz CT molecular complexity index is 464. The topological polar surface area (TPSA) is 72.3 Å². The second kappa shape index (κ2) is 5.16. The van der Waals surface area contributed by atoms with Crippen molar-refractivity contribution in [1.29, 1.82) is 0 Å². The van der Waals surface area contributed by atoms with Gasteiger partial charge in [0.25, 0.3) is 5.91 Å². The van der Waals surface area contributed by atoms with E-state index >= 15 is 0 Å². The van der Waals surface area contributed by atoms with Gasteiger partial charge in [-0.05, 0) is 30.5 Å². The van der Waals surface area contributed by atoms with Crippen LogP contribution in [0, 0.1) is 5.92 Å². The minimum Gasteiger partial charge on any atom is -0.369 e. The number of nitrogens with zero attached hydrogens (tertiary/aromatic N) is 1. The smallest absolute Gasteiger partial charge is 0.250 e. The summed E-state index contributed by atoms with van der Waals surface area (Å²) in [6.07, 6.45) is 1.01. The Hall–Kier alpha value is -1.26. The molecule has 0 aromatic heterocycles. The van der Waals surface area contributed by atoms with Crippen LogP contribution in [0.25, 0.3) is 0 Å². The number of hydrogen-bond acceptors (Lipinski definition) is 3. The molecule has 18 heavy (non-hydrogen) atoms. The second-order valence-electron chi connectivity index (χ2n) is 4.90. The molecule has 5 heteroatoms. The molecule has 0 saturated carbocycles. The maximum atomic E-state index is 11.4. The van der Waals surface area contributed by atoms with Crippen LogP contribution in [0.2, 0.25) is 5.02 Å². The van der Waals surface area contributed by atoms with E-state index in [1.807, 2.05) is 0 Å². The fraction of sp³-hybridized carbons (Fsp3) is 0.462. The normalized spacial score (nSPS) is 24.1. The number of primary amides is 1. The van der Waals surface area contributed by atoms with Gasteiger partial charge in [0.1, 0.15) is 0 Å². The van der Waals surface area contributed by atoms with Crippen LogP contribution in [0.5, 0.6) is 0 Å². The van der Waals surface area contributed by atoms with Gasteiger partial charge in [-0.3, -0.25) is 4.79 Å². The molecule has 1 saturated heterocycles. The largest absolute Gasteiger partial charge is 0.369 e. The standard InChI is InChI=1S/C13H18ClN3O/c1-8-4-5-17(7-11(8)15)12-6-9(14)2-3-10(12)13(16)18/h2-3,6,8,11H,4-5,7,15H2,1H3,(H2,16,18). The first-order valence-electron chi connectivity index (χ1n) is 6.09. The molecule has 0 aliphatic carbocycles. The van der Waals surface area contributed by atoms with Crippen molar-refractivity contribution in [2.75, 3.05) is 18.0 Å². The molecular formula is C13H18ClN3O. The van der Waals surface area contributed by atoms with Crippen molar-refractivity contribution in [2.24, 2.45) is 17.4 Å². The third-order valence-electron chi connectivity index (χ3n) is 3.58. The van der Waals surface area contributed by atoms with E-state index in [4.69, 9.17) is 23.1 Å². The van der Waals surface area contributed by atoms with Crippen molar-refractivity contribution in [3.8, 4) is 0 Å². The van der Waals surface area contributed by atoms with Crippen LogP contribution in [0.3, 0.4) is 0 Å². The first-order chi connectivity index (χ1) is 8.49. The summed E-state index contributed by atoms with van der Waals surface area (Å²) in [7, 11) is 0. The Labute approximate surface area is 112 Å². The number of benzene rings is 1. The van der Waals surface area contributed by atoms with Crippen molar-refractivity contribution < 1.29 is 4.79 Å². The van der Waals surface area contributed by atoms with Gasteiger partial charge in [0.05, 0.1) is 11.3 Å². The molecule has 1 aromatic rings. The average molecular weight is 268 g/mol. The number of piperidine rings is 1. The number of carbonyl (C=O) groups is 1. The van der Waals surface area contributed by atoms with Crippen molar-refractivity contribution in [2.45, 2.75) is 19.4 Å². The van der Waals surface area contributed by atoms with Crippen LogP contribution < -0.4 is 16.4 Å². The van der Waals surface area contributed by atoms with Crippen molar-refractivity contribution >= 4 is 23.2 Å². The Morgan fingerprint density at radius 2 is 2.22 bits per heavy atom. The number of halogens is 1. The summed E-state index contributed by atoms with van der Waals surface area (Å²) in [5, 5.41) is 0.599. The highest BCUT2D eigenvalue weighted by Crippen LogP contribution is 2.28. The van der Waals surface area contributed by atoms with Crippen molar-refractivity contribution in [3.05, 3.63) is 28.8 Å². The summed E-state index contributed by atoms with van der Waals surface area (Å²) in [4.78, 5) is 13.5. The molecule has 0 spiro atoms. The van der Waals surface area contributed by atoms with Gasteiger partial charge in [0.15, 0.2) is 0 Å². The molecule has 4 N–H and O–H groups in total. The number of nitrogens with two attached hydrogens (primary N) is 2. The maximum absolute atomic E-state index is 11.4. The molecule has 1 aromatic carbocycles. The number of rotatable bonds is 2. The van der Waals surface area contributed by atoms with E-state index in [0.717, 1.165) is 25.2 Å². The van der Waals surface area contributed by atoms with E-state index in [1.165, 1.54) is 0 Å². The maximum Gasteiger partial charge on any atom is 0.250 e. The van der Waals surface area contributed by atoms with E-state index < -0.39 is 5.91 Å². The lowest BCUT2D eigenvalue weighted by molar-refractivity contribution is 0.100. The van der Waals surface area contributed by atoms with Gasteiger partial charge in [-0.1, -0.05) is 18.5 Å². The summed E-state index contributed by atoms with van der Waals surface area (Å²) in [6, 6.07) is 5.24. The second-order valence-corrected chi connectivity index (χ2v) is 5.34. The highest BCUT2D eigenvalue weighted by molar-refractivity contribution is 6.31. The fourth-order valence-electron chi connectivity index (χ4n) is 2.29. The Balaban J connectivity index is 2.32. The molecule has 4 nitrogen and oxygen atoms in total. The van der Waals surface area contributed by atoms with E-state index in [0.29, 0.717) is 16.5 Å². The van der Waals surface area contributed by atoms with Crippen LogP contribution in [0.15, 0.2) is 18.2 Å². The monoisotopic (exact) mass is 267 g/mol. The first kappa shape index (κ1) is 13.2. The molecule has 2 unspecified atom stereocenters. The van der Waals surface area contributed by atoms with Crippen molar-refractivity contribution in [1.82, 2.24) is 0 Å². The molecule has 1 fully saturated rings. The summed E-state index contributed by atoms with van der Waals surface area (Å²) in [6.45, 7) is 3.74. The van der Waals surface area contributed by atoms with Crippen LogP contribution in [0.1, 0.15) is 23.7 Å². The lowest BCUT2D eigenvalue weighted by atomic mass is 9.93. The minimum atomic E-state index is -0.436.